The molecule has 2 aliphatic carbocycles. The Morgan fingerprint density at radius 1 is 1.17 bits per heavy atom. The maximum atomic E-state index is 12.9. The van der Waals surface area contributed by atoms with Crippen LogP contribution in [0.25, 0.3) is 0 Å². The molecule has 2 aliphatic heterocycles. The van der Waals surface area contributed by atoms with Gasteiger partial charge in [-0.1, -0.05) is 27.7 Å². The normalized spacial score (nSPS) is 51.2. The third-order valence-corrected chi connectivity index (χ3v) is 7.62. The highest BCUT2D eigenvalue weighted by molar-refractivity contribution is 5.83. The summed E-state index contributed by atoms with van der Waals surface area (Å²) in [6.45, 7) is 9.83. The monoisotopic (exact) mass is 318 g/mol. The van der Waals surface area contributed by atoms with Crippen LogP contribution < -0.4 is 0 Å². The van der Waals surface area contributed by atoms with Gasteiger partial charge in [-0.2, -0.15) is 0 Å². The predicted octanol–water partition coefficient (Wildman–Crippen LogP) is 4.12. The van der Waals surface area contributed by atoms with Crippen molar-refractivity contribution in [1.82, 2.24) is 0 Å². The van der Waals surface area contributed by atoms with Gasteiger partial charge in [0.25, 0.3) is 0 Å². The van der Waals surface area contributed by atoms with Gasteiger partial charge in [0.05, 0.1) is 11.9 Å². The molecule has 3 fully saturated rings. The van der Waals surface area contributed by atoms with Crippen molar-refractivity contribution in [3.8, 4) is 0 Å². The minimum atomic E-state index is -0.283. The van der Waals surface area contributed by atoms with Gasteiger partial charge in [0.15, 0.2) is 0 Å². The fraction of sp³-hybridized carbons (Fsp3) is 0.850. The van der Waals surface area contributed by atoms with E-state index in [9.17, 15) is 4.79 Å². The van der Waals surface area contributed by atoms with E-state index in [4.69, 9.17) is 9.47 Å². The topological polar surface area (TPSA) is 35.5 Å². The van der Waals surface area contributed by atoms with Gasteiger partial charge in [-0.25, -0.2) is 0 Å². The molecule has 0 amide bonds. The van der Waals surface area contributed by atoms with Crippen LogP contribution in [0.3, 0.4) is 0 Å². The van der Waals surface area contributed by atoms with Crippen LogP contribution in [0.2, 0.25) is 0 Å². The molecule has 2 heterocycles. The Labute approximate surface area is 139 Å². The molecule has 0 radical (unpaired) electrons. The van der Waals surface area contributed by atoms with Gasteiger partial charge >= 0.3 is 0 Å². The summed E-state index contributed by atoms with van der Waals surface area (Å²) in [6.07, 6.45) is 9.06. The van der Waals surface area contributed by atoms with Crippen molar-refractivity contribution < 1.29 is 14.3 Å². The van der Waals surface area contributed by atoms with Gasteiger partial charge < -0.3 is 9.47 Å². The van der Waals surface area contributed by atoms with Crippen molar-refractivity contribution in [3.05, 3.63) is 12.3 Å². The fourth-order valence-corrected chi connectivity index (χ4v) is 6.08. The maximum absolute atomic E-state index is 12.9. The molecule has 128 valence electrons. The molecular weight excluding hydrogens is 288 g/mol. The SMILES string of the molecule is CC1C(=O)CC2C([C@@H](C)CCC2(C)C)C12CCC1(C=COC1)O2. The van der Waals surface area contributed by atoms with E-state index in [2.05, 4.69) is 33.8 Å². The molecule has 0 N–H and O–H groups in total. The van der Waals surface area contributed by atoms with Crippen molar-refractivity contribution in [2.45, 2.75) is 71.0 Å². The summed E-state index contributed by atoms with van der Waals surface area (Å²) < 4.78 is 12.3. The molecule has 0 aromatic rings. The quantitative estimate of drug-likeness (QED) is 0.674. The number of rotatable bonds is 0. The molecular formula is C20H30O3. The van der Waals surface area contributed by atoms with Gasteiger partial charge in [0, 0.05) is 12.3 Å². The van der Waals surface area contributed by atoms with Gasteiger partial charge in [-0.3, -0.25) is 4.79 Å². The molecule has 2 saturated carbocycles. The van der Waals surface area contributed by atoms with E-state index in [-0.39, 0.29) is 22.5 Å². The third-order valence-electron chi connectivity index (χ3n) is 7.62. The number of hydrogen-bond acceptors (Lipinski definition) is 3. The van der Waals surface area contributed by atoms with Crippen LogP contribution >= 0.6 is 0 Å². The predicted molar refractivity (Wildman–Crippen MR) is 88.8 cm³/mol. The number of carbonyl (C=O) groups excluding carboxylic acids is 1. The summed E-state index contributed by atoms with van der Waals surface area (Å²) in [7, 11) is 0. The first kappa shape index (κ1) is 15.7. The molecule has 1 saturated heterocycles. The standard InChI is InChI=1S/C20H30O3/c1-13-5-6-18(3,4)15-11-16(21)14(2)20(17(13)15)8-7-19(23-20)9-10-22-12-19/h9-10,13-15,17H,5-8,11-12H2,1-4H3/t13-,14?,15?,17?,19?,20?/m0/s1. The first-order valence-electron chi connectivity index (χ1n) is 9.32. The van der Waals surface area contributed by atoms with E-state index in [1.165, 1.54) is 12.8 Å². The zero-order chi connectivity index (χ0) is 16.5. The third kappa shape index (κ3) is 2.08. The second kappa shape index (κ2) is 4.84. The van der Waals surface area contributed by atoms with E-state index >= 15 is 0 Å². The lowest BCUT2D eigenvalue weighted by atomic mass is 9.49. The lowest BCUT2D eigenvalue weighted by Gasteiger charge is -2.58. The molecule has 6 atom stereocenters. The van der Waals surface area contributed by atoms with Crippen molar-refractivity contribution in [1.29, 1.82) is 0 Å². The first-order valence-corrected chi connectivity index (χ1v) is 9.32. The highest BCUT2D eigenvalue weighted by Gasteiger charge is 2.65. The lowest BCUT2D eigenvalue weighted by molar-refractivity contribution is -0.207. The van der Waals surface area contributed by atoms with Crippen LogP contribution in [-0.4, -0.2) is 23.6 Å². The summed E-state index contributed by atoms with van der Waals surface area (Å²) in [6, 6.07) is 0. The summed E-state index contributed by atoms with van der Waals surface area (Å²) in [5.74, 6) is 2.00. The Balaban J connectivity index is 1.76. The van der Waals surface area contributed by atoms with Crippen molar-refractivity contribution in [3.63, 3.8) is 0 Å². The van der Waals surface area contributed by atoms with E-state index < -0.39 is 0 Å². The van der Waals surface area contributed by atoms with Gasteiger partial charge in [-0.05, 0) is 54.9 Å². The Morgan fingerprint density at radius 2 is 1.96 bits per heavy atom. The molecule has 2 spiro atoms. The first-order chi connectivity index (χ1) is 10.8. The largest absolute Gasteiger partial charge is 0.498 e. The molecule has 3 heteroatoms. The summed E-state index contributed by atoms with van der Waals surface area (Å²) >= 11 is 0. The second-order valence-electron chi connectivity index (χ2n) is 9.26. The van der Waals surface area contributed by atoms with Crippen LogP contribution in [0.15, 0.2) is 12.3 Å². The highest BCUT2D eigenvalue weighted by atomic mass is 16.6. The molecule has 0 aromatic heterocycles. The average molecular weight is 318 g/mol. The highest BCUT2D eigenvalue weighted by Crippen LogP contribution is 2.62. The lowest BCUT2D eigenvalue weighted by Crippen LogP contribution is -2.61. The van der Waals surface area contributed by atoms with Crippen LogP contribution in [0.4, 0.5) is 0 Å². The Kier molecular flexibility index (Phi) is 3.30. The van der Waals surface area contributed by atoms with Crippen LogP contribution in [0, 0.1) is 29.1 Å². The minimum absolute atomic E-state index is 0.00785. The summed E-state index contributed by atoms with van der Waals surface area (Å²) in [4.78, 5) is 12.9. The second-order valence-corrected chi connectivity index (χ2v) is 9.26. The van der Waals surface area contributed by atoms with E-state index in [1.807, 2.05) is 0 Å². The molecule has 0 aromatic carbocycles. The Bertz CT molecular complexity index is 551. The number of Topliss-reactive ketones (excluding diaryl/α,β-unsaturated/α-hetero) is 1. The molecule has 23 heavy (non-hydrogen) atoms. The fourth-order valence-electron chi connectivity index (χ4n) is 6.08. The van der Waals surface area contributed by atoms with E-state index in [0.29, 0.717) is 30.1 Å². The number of hydrogen-bond donors (Lipinski definition) is 0. The average Bonchev–Trinajstić information content (AvgIpc) is 3.10. The van der Waals surface area contributed by atoms with Crippen LogP contribution in [0.5, 0.6) is 0 Å². The van der Waals surface area contributed by atoms with Crippen molar-refractivity contribution in [2.24, 2.45) is 29.1 Å². The molecule has 4 aliphatic rings. The zero-order valence-electron chi connectivity index (χ0n) is 14.9. The Hall–Kier alpha value is -0.830. The molecule has 4 rings (SSSR count). The summed E-state index contributed by atoms with van der Waals surface area (Å²) in [5.41, 5.74) is -0.325. The number of ether oxygens (including phenoxy) is 2. The van der Waals surface area contributed by atoms with Crippen LogP contribution in [0.1, 0.15) is 59.8 Å². The maximum Gasteiger partial charge on any atom is 0.138 e. The van der Waals surface area contributed by atoms with Gasteiger partial charge in [0.2, 0.25) is 0 Å². The zero-order valence-corrected chi connectivity index (χ0v) is 14.9. The number of fused-ring (bicyclic) bond motifs is 2. The van der Waals surface area contributed by atoms with Crippen molar-refractivity contribution >= 4 is 5.78 Å². The Morgan fingerprint density at radius 3 is 2.65 bits per heavy atom. The van der Waals surface area contributed by atoms with Crippen LogP contribution in [-0.2, 0) is 14.3 Å². The van der Waals surface area contributed by atoms with E-state index in [0.717, 1.165) is 19.3 Å². The molecule has 5 unspecified atom stereocenters. The smallest absolute Gasteiger partial charge is 0.138 e. The van der Waals surface area contributed by atoms with Crippen molar-refractivity contribution in [2.75, 3.05) is 6.61 Å². The molecule has 3 nitrogen and oxygen atoms in total. The molecule has 0 bridgehead atoms. The van der Waals surface area contributed by atoms with Gasteiger partial charge in [-0.15, -0.1) is 0 Å². The number of ketones is 1. The number of carbonyl (C=O) groups is 1. The minimum Gasteiger partial charge on any atom is -0.498 e. The van der Waals surface area contributed by atoms with E-state index in [1.54, 1.807) is 6.26 Å². The van der Waals surface area contributed by atoms with Gasteiger partial charge in [0.1, 0.15) is 18.0 Å². The summed E-state index contributed by atoms with van der Waals surface area (Å²) in [5, 5.41) is 0.